The fraction of sp³-hybridized carbons (Fsp3) is 0.231. The van der Waals surface area contributed by atoms with E-state index in [1.165, 1.54) is 0 Å². The molecule has 3 aromatic carbocycles. The third-order valence-corrected chi connectivity index (χ3v) is 5.29. The number of anilines is 1. The van der Waals surface area contributed by atoms with Crippen molar-refractivity contribution in [2.24, 2.45) is 5.92 Å². The highest BCUT2D eigenvalue weighted by Crippen LogP contribution is 2.26. The van der Waals surface area contributed by atoms with Crippen molar-refractivity contribution in [3.05, 3.63) is 82.8 Å². The third-order valence-electron chi connectivity index (χ3n) is 4.47. The molecule has 3 rings (SSSR count). The van der Waals surface area contributed by atoms with Crippen LogP contribution in [0.25, 0.3) is 0 Å². The van der Waals surface area contributed by atoms with E-state index in [1.807, 2.05) is 54.6 Å². The van der Waals surface area contributed by atoms with E-state index in [4.69, 9.17) is 26.4 Å². The Labute approximate surface area is 213 Å². The maximum absolute atomic E-state index is 12.5. The molecule has 0 fully saturated rings. The minimum absolute atomic E-state index is 0.200. The summed E-state index contributed by atoms with van der Waals surface area (Å²) in [7, 11) is 0. The normalized spacial score (nSPS) is 10.5. The highest BCUT2D eigenvalue weighted by Gasteiger charge is 2.11. The lowest BCUT2D eigenvalue weighted by molar-refractivity contribution is 0.0977. The van der Waals surface area contributed by atoms with E-state index in [0.29, 0.717) is 47.3 Å². The Balaban J connectivity index is 1.43. The fourth-order valence-electron chi connectivity index (χ4n) is 2.82. The van der Waals surface area contributed by atoms with Crippen LogP contribution in [0.4, 0.5) is 5.69 Å². The van der Waals surface area contributed by atoms with Crippen LogP contribution in [0.5, 0.6) is 17.2 Å². The van der Waals surface area contributed by atoms with Gasteiger partial charge in [0, 0.05) is 11.3 Å². The van der Waals surface area contributed by atoms with Gasteiger partial charge in [-0.15, -0.1) is 0 Å². The van der Waals surface area contributed by atoms with Crippen LogP contribution in [0.3, 0.4) is 0 Å². The fourth-order valence-corrected chi connectivity index (χ4v) is 3.53. The van der Waals surface area contributed by atoms with Gasteiger partial charge in [-0.05, 0) is 88.7 Å². The van der Waals surface area contributed by atoms with Crippen LogP contribution in [0.1, 0.15) is 24.2 Å². The Morgan fingerprint density at radius 1 is 0.912 bits per heavy atom. The summed E-state index contributed by atoms with van der Waals surface area (Å²) in [6.07, 6.45) is 0. The highest BCUT2D eigenvalue weighted by molar-refractivity contribution is 9.10. The molecular weight excluding hydrogens is 516 g/mol. The summed E-state index contributed by atoms with van der Waals surface area (Å²) < 4.78 is 17.7. The summed E-state index contributed by atoms with van der Waals surface area (Å²) >= 11 is 8.73. The van der Waals surface area contributed by atoms with Crippen LogP contribution in [0.15, 0.2) is 77.3 Å². The molecule has 0 saturated heterocycles. The molecule has 0 aliphatic carbocycles. The molecule has 0 atom stereocenters. The van der Waals surface area contributed by atoms with Gasteiger partial charge in [0.1, 0.15) is 30.5 Å². The van der Waals surface area contributed by atoms with Crippen molar-refractivity contribution in [3.8, 4) is 17.2 Å². The Morgan fingerprint density at radius 3 is 2.18 bits per heavy atom. The third kappa shape index (κ3) is 8.35. The minimum Gasteiger partial charge on any atom is -0.492 e. The average Bonchev–Trinajstić information content (AvgIpc) is 2.82. The molecule has 2 N–H and O–H groups in total. The molecular formula is C26H27BrN2O4S. The van der Waals surface area contributed by atoms with Gasteiger partial charge in [0.15, 0.2) is 5.11 Å². The number of benzene rings is 3. The average molecular weight is 543 g/mol. The first kappa shape index (κ1) is 25.5. The van der Waals surface area contributed by atoms with Crippen LogP contribution in [0.2, 0.25) is 0 Å². The van der Waals surface area contributed by atoms with Gasteiger partial charge in [-0.2, -0.15) is 0 Å². The second-order valence-electron chi connectivity index (χ2n) is 7.79. The SMILES string of the molecule is CC(C)COc1ccc(C(=O)NC(=S)Nc2ccc(OCCOc3ccccc3)cc2)cc1Br. The number of ether oxygens (including phenoxy) is 3. The van der Waals surface area contributed by atoms with E-state index < -0.39 is 0 Å². The summed E-state index contributed by atoms with van der Waals surface area (Å²) in [4.78, 5) is 12.5. The van der Waals surface area contributed by atoms with E-state index >= 15 is 0 Å². The van der Waals surface area contributed by atoms with Gasteiger partial charge < -0.3 is 19.5 Å². The molecule has 1 amide bonds. The lowest BCUT2D eigenvalue weighted by Crippen LogP contribution is -2.34. The summed E-state index contributed by atoms with van der Waals surface area (Å²) in [5.41, 5.74) is 1.20. The predicted octanol–water partition coefficient (Wildman–Crippen LogP) is 6.07. The molecule has 0 radical (unpaired) electrons. The molecule has 34 heavy (non-hydrogen) atoms. The van der Waals surface area contributed by atoms with Crippen LogP contribution < -0.4 is 24.8 Å². The van der Waals surface area contributed by atoms with Gasteiger partial charge in [0.05, 0.1) is 11.1 Å². The zero-order valence-corrected chi connectivity index (χ0v) is 21.4. The van der Waals surface area contributed by atoms with Crippen molar-refractivity contribution in [1.82, 2.24) is 5.32 Å². The van der Waals surface area contributed by atoms with Crippen molar-refractivity contribution in [2.45, 2.75) is 13.8 Å². The van der Waals surface area contributed by atoms with Crippen molar-refractivity contribution >= 4 is 44.9 Å². The lowest BCUT2D eigenvalue weighted by Gasteiger charge is -2.13. The monoisotopic (exact) mass is 542 g/mol. The van der Waals surface area contributed by atoms with Crippen LogP contribution in [-0.2, 0) is 0 Å². The van der Waals surface area contributed by atoms with E-state index in [2.05, 4.69) is 40.4 Å². The Kier molecular flexibility index (Phi) is 9.73. The molecule has 6 nitrogen and oxygen atoms in total. The van der Waals surface area contributed by atoms with Crippen molar-refractivity contribution in [3.63, 3.8) is 0 Å². The molecule has 0 unspecified atom stereocenters. The molecule has 0 aromatic heterocycles. The smallest absolute Gasteiger partial charge is 0.257 e. The summed E-state index contributed by atoms with van der Waals surface area (Å²) in [5, 5.41) is 5.89. The number of amides is 1. The highest BCUT2D eigenvalue weighted by atomic mass is 79.9. The van der Waals surface area contributed by atoms with Gasteiger partial charge >= 0.3 is 0 Å². The van der Waals surface area contributed by atoms with E-state index in [9.17, 15) is 4.79 Å². The molecule has 8 heteroatoms. The van der Waals surface area contributed by atoms with Gasteiger partial charge in [-0.3, -0.25) is 10.1 Å². The second-order valence-corrected chi connectivity index (χ2v) is 9.06. The van der Waals surface area contributed by atoms with Crippen LogP contribution in [-0.4, -0.2) is 30.8 Å². The van der Waals surface area contributed by atoms with Crippen LogP contribution in [0, 0.1) is 5.92 Å². The first-order valence-electron chi connectivity index (χ1n) is 10.9. The number of halogens is 1. The Morgan fingerprint density at radius 2 is 1.56 bits per heavy atom. The summed E-state index contributed by atoms with van der Waals surface area (Å²) in [5.74, 6) is 2.31. The van der Waals surface area contributed by atoms with Gasteiger partial charge in [0.2, 0.25) is 0 Å². The van der Waals surface area contributed by atoms with Crippen molar-refractivity contribution < 1.29 is 19.0 Å². The second kappa shape index (κ2) is 13.0. The van der Waals surface area contributed by atoms with Gasteiger partial charge in [-0.25, -0.2) is 0 Å². The predicted molar refractivity (Wildman–Crippen MR) is 142 cm³/mol. The number of rotatable bonds is 10. The van der Waals surface area contributed by atoms with Crippen molar-refractivity contribution in [2.75, 3.05) is 25.1 Å². The first-order chi connectivity index (χ1) is 16.4. The molecule has 0 saturated carbocycles. The standard InChI is InChI=1S/C26H27BrN2O4S/c1-18(2)17-33-24-13-8-19(16-23(24)27)25(30)29-26(34)28-20-9-11-22(12-10-20)32-15-14-31-21-6-4-3-5-7-21/h3-13,16,18H,14-15,17H2,1-2H3,(H2,28,29,30,34). The molecule has 0 spiro atoms. The minimum atomic E-state index is -0.313. The van der Waals surface area contributed by atoms with Gasteiger partial charge in [-0.1, -0.05) is 32.0 Å². The molecule has 0 aliphatic heterocycles. The lowest BCUT2D eigenvalue weighted by atomic mass is 10.2. The largest absolute Gasteiger partial charge is 0.492 e. The number of carbonyl (C=O) groups excluding carboxylic acids is 1. The summed E-state index contributed by atoms with van der Waals surface area (Å²) in [6.45, 7) is 5.62. The molecule has 178 valence electrons. The van der Waals surface area contributed by atoms with E-state index in [1.54, 1.807) is 18.2 Å². The number of nitrogens with one attached hydrogen (secondary N) is 2. The van der Waals surface area contributed by atoms with Gasteiger partial charge in [0.25, 0.3) is 5.91 Å². The van der Waals surface area contributed by atoms with Crippen molar-refractivity contribution in [1.29, 1.82) is 0 Å². The molecule has 0 aliphatic rings. The number of hydrogen-bond acceptors (Lipinski definition) is 5. The molecule has 0 heterocycles. The van der Waals surface area contributed by atoms with E-state index in [0.717, 1.165) is 11.4 Å². The topological polar surface area (TPSA) is 68.8 Å². The quantitative estimate of drug-likeness (QED) is 0.239. The van der Waals surface area contributed by atoms with Crippen LogP contribution >= 0.6 is 28.1 Å². The number of thiocarbonyl (C=S) groups is 1. The maximum Gasteiger partial charge on any atom is 0.257 e. The zero-order chi connectivity index (χ0) is 24.3. The van der Waals surface area contributed by atoms with E-state index in [-0.39, 0.29) is 11.0 Å². The summed E-state index contributed by atoms with van der Waals surface area (Å²) in [6, 6.07) is 22.1. The zero-order valence-electron chi connectivity index (χ0n) is 19.0. The maximum atomic E-state index is 12.5. The number of para-hydroxylation sites is 1. The molecule has 3 aromatic rings. The molecule has 0 bridgehead atoms. The first-order valence-corrected chi connectivity index (χ1v) is 12.1. The Hall–Kier alpha value is -3.10. The Bertz CT molecular complexity index is 1090. The number of hydrogen-bond donors (Lipinski definition) is 2. The number of carbonyl (C=O) groups is 1.